The Morgan fingerprint density at radius 1 is 1.35 bits per heavy atom. The summed E-state index contributed by atoms with van der Waals surface area (Å²) in [6.07, 6.45) is 4.05. The van der Waals surface area contributed by atoms with E-state index in [1.807, 2.05) is 6.92 Å². The number of hydrogen-bond acceptors (Lipinski definition) is 1. The van der Waals surface area contributed by atoms with Crippen molar-refractivity contribution in [2.45, 2.75) is 39.5 Å². The maximum atomic E-state index is 13.4. The van der Waals surface area contributed by atoms with Gasteiger partial charge in [-0.3, -0.25) is 4.79 Å². The molecule has 2 rings (SSSR count). The molecule has 1 aliphatic rings. The number of halogens is 1. The highest BCUT2D eigenvalue weighted by molar-refractivity contribution is 5.95. The number of carbonyl (C=O) groups excluding carboxylic acids is 1. The van der Waals surface area contributed by atoms with E-state index >= 15 is 0 Å². The van der Waals surface area contributed by atoms with Crippen LogP contribution in [0.4, 0.5) is 10.1 Å². The molecule has 1 aromatic carbocycles. The lowest BCUT2D eigenvalue weighted by Crippen LogP contribution is -2.30. The van der Waals surface area contributed by atoms with Gasteiger partial charge in [0.2, 0.25) is 5.91 Å². The zero-order valence-corrected chi connectivity index (χ0v) is 10.3. The predicted octanol–water partition coefficient (Wildman–Crippen LogP) is 3.65. The maximum absolute atomic E-state index is 13.4. The average Bonchev–Trinajstić information content (AvgIpc) is 2.72. The lowest BCUT2D eigenvalue weighted by molar-refractivity contribution is -0.124. The number of benzene rings is 1. The van der Waals surface area contributed by atoms with Crippen LogP contribution in [-0.4, -0.2) is 5.91 Å². The molecule has 0 aromatic heterocycles. The minimum absolute atomic E-state index is 0.0123. The molecule has 17 heavy (non-hydrogen) atoms. The van der Waals surface area contributed by atoms with Crippen molar-refractivity contribution < 1.29 is 9.18 Å². The summed E-state index contributed by atoms with van der Waals surface area (Å²) in [6.45, 7) is 3.69. The van der Waals surface area contributed by atoms with Gasteiger partial charge in [-0.15, -0.1) is 0 Å². The molecule has 0 heterocycles. The lowest BCUT2D eigenvalue weighted by atomic mass is 9.88. The van der Waals surface area contributed by atoms with Gasteiger partial charge in [-0.05, 0) is 37.5 Å². The van der Waals surface area contributed by atoms with Crippen LogP contribution in [0.5, 0.6) is 0 Å². The molecule has 1 aromatic rings. The van der Waals surface area contributed by atoms with Gasteiger partial charge in [-0.2, -0.15) is 0 Å². The topological polar surface area (TPSA) is 29.1 Å². The zero-order valence-electron chi connectivity index (χ0n) is 10.3. The molecule has 1 amide bonds. The van der Waals surface area contributed by atoms with Crippen LogP contribution in [0.25, 0.3) is 0 Å². The van der Waals surface area contributed by atoms with Gasteiger partial charge in [-0.1, -0.05) is 25.8 Å². The van der Waals surface area contributed by atoms with Crippen molar-refractivity contribution in [3.8, 4) is 0 Å². The number of rotatable bonds is 2. The molecule has 0 atom stereocenters. The van der Waals surface area contributed by atoms with E-state index in [9.17, 15) is 9.18 Å². The quantitative estimate of drug-likeness (QED) is 0.832. The molecular formula is C14H18FNO. The van der Waals surface area contributed by atoms with Gasteiger partial charge >= 0.3 is 0 Å². The van der Waals surface area contributed by atoms with Crippen molar-refractivity contribution in [2.75, 3.05) is 5.32 Å². The number of amides is 1. The van der Waals surface area contributed by atoms with Crippen molar-refractivity contribution in [1.82, 2.24) is 0 Å². The van der Waals surface area contributed by atoms with Crippen molar-refractivity contribution in [3.63, 3.8) is 0 Å². The fourth-order valence-corrected chi connectivity index (χ4v) is 2.33. The second-order valence-corrected chi connectivity index (χ2v) is 5.19. The second-order valence-electron chi connectivity index (χ2n) is 5.19. The predicted molar refractivity (Wildman–Crippen MR) is 66.3 cm³/mol. The van der Waals surface area contributed by atoms with Crippen molar-refractivity contribution >= 4 is 11.6 Å². The van der Waals surface area contributed by atoms with E-state index in [0.717, 1.165) is 25.7 Å². The Morgan fingerprint density at radius 3 is 2.59 bits per heavy atom. The van der Waals surface area contributed by atoms with Gasteiger partial charge in [0, 0.05) is 11.1 Å². The number of nitrogens with one attached hydrogen (secondary N) is 1. The van der Waals surface area contributed by atoms with Crippen molar-refractivity contribution in [2.24, 2.45) is 5.41 Å². The Morgan fingerprint density at radius 2 is 2.00 bits per heavy atom. The molecule has 0 unspecified atom stereocenters. The van der Waals surface area contributed by atoms with Crippen LogP contribution in [-0.2, 0) is 4.79 Å². The first-order valence-electron chi connectivity index (χ1n) is 6.09. The smallest absolute Gasteiger partial charge is 0.230 e. The van der Waals surface area contributed by atoms with Gasteiger partial charge in [-0.25, -0.2) is 4.39 Å². The van der Waals surface area contributed by atoms with Crippen molar-refractivity contribution in [1.29, 1.82) is 0 Å². The highest BCUT2D eigenvalue weighted by Crippen LogP contribution is 2.38. The fourth-order valence-electron chi connectivity index (χ4n) is 2.33. The molecule has 0 aliphatic heterocycles. The first kappa shape index (κ1) is 12.1. The van der Waals surface area contributed by atoms with E-state index in [1.54, 1.807) is 19.1 Å². The normalized spacial score (nSPS) is 18.1. The molecule has 0 spiro atoms. The number of hydrogen-bond donors (Lipinski definition) is 1. The molecule has 0 radical (unpaired) electrons. The van der Waals surface area contributed by atoms with Gasteiger partial charge < -0.3 is 5.32 Å². The van der Waals surface area contributed by atoms with Gasteiger partial charge in [0.1, 0.15) is 5.82 Å². The van der Waals surface area contributed by atoms with Gasteiger partial charge in [0.15, 0.2) is 0 Å². The molecular weight excluding hydrogens is 217 g/mol. The summed E-state index contributed by atoms with van der Waals surface area (Å²) in [5.41, 5.74) is 0.864. The summed E-state index contributed by atoms with van der Waals surface area (Å²) < 4.78 is 13.4. The molecule has 3 heteroatoms. The molecule has 0 saturated heterocycles. The number of anilines is 1. The van der Waals surface area contributed by atoms with E-state index in [1.165, 1.54) is 6.07 Å². The SMILES string of the molecule is Cc1ccc(NC(=O)C2(C)CCCC2)cc1F. The van der Waals surface area contributed by atoms with Crippen LogP contribution in [0.1, 0.15) is 38.2 Å². The Balaban J connectivity index is 2.10. The highest BCUT2D eigenvalue weighted by Gasteiger charge is 2.36. The molecule has 1 saturated carbocycles. The maximum Gasteiger partial charge on any atom is 0.230 e. The number of aryl methyl sites for hydroxylation is 1. The first-order chi connectivity index (χ1) is 8.01. The van der Waals surface area contributed by atoms with Crippen LogP contribution >= 0.6 is 0 Å². The van der Waals surface area contributed by atoms with E-state index in [2.05, 4.69) is 5.32 Å². The van der Waals surface area contributed by atoms with Crippen LogP contribution in [0.2, 0.25) is 0 Å². The average molecular weight is 235 g/mol. The standard InChI is InChI=1S/C14H18FNO/c1-10-5-6-11(9-12(10)15)16-13(17)14(2)7-3-4-8-14/h5-6,9H,3-4,7-8H2,1-2H3,(H,16,17). The monoisotopic (exact) mass is 235 g/mol. The Hall–Kier alpha value is -1.38. The minimum Gasteiger partial charge on any atom is -0.326 e. The summed E-state index contributed by atoms with van der Waals surface area (Å²) >= 11 is 0. The van der Waals surface area contributed by atoms with E-state index in [4.69, 9.17) is 0 Å². The summed E-state index contributed by atoms with van der Waals surface area (Å²) in [7, 11) is 0. The van der Waals surface area contributed by atoms with Crippen LogP contribution in [0.15, 0.2) is 18.2 Å². The Bertz CT molecular complexity index is 436. The number of carbonyl (C=O) groups is 1. The summed E-state index contributed by atoms with van der Waals surface area (Å²) in [5.74, 6) is -0.266. The third-order valence-corrected chi connectivity index (χ3v) is 3.68. The van der Waals surface area contributed by atoms with Crippen LogP contribution in [0, 0.1) is 18.2 Å². The highest BCUT2D eigenvalue weighted by atomic mass is 19.1. The minimum atomic E-state index is -0.278. The first-order valence-corrected chi connectivity index (χ1v) is 6.09. The Kier molecular flexibility index (Phi) is 3.18. The van der Waals surface area contributed by atoms with E-state index in [-0.39, 0.29) is 17.1 Å². The molecule has 1 N–H and O–H groups in total. The summed E-state index contributed by atoms with van der Waals surface area (Å²) in [6, 6.07) is 4.81. The molecule has 0 bridgehead atoms. The Labute approximate surface area is 101 Å². The fraction of sp³-hybridized carbons (Fsp3) is 0.500. The summed E-state index contributed by atoms with van der Waals surface area (Å²) in [5, 5.41) is 2.81. The molecule has 92 valence electrons. The third-order valence-electron chi connectivity index (χ3n) is 3.68. The largest absolute Gasteiger partial charge is 0.326 e. The van der Waals surface area contributed by atoms with Crippen LogP contribution in [0.3, 0.4) is 0 Å². The van der Waals surface area contributed by atoms with Gasteiger partial charge in [0.05, 0.1) is 0 Å². The molecule has 2 nitrogen and oxygen atoms in total. The van der Waals surface area contributed by atoms with E-state index in [0.29, 0.717) is 11.3 Å². The molecule has 1 fully saturated rings. The lowest BCUT2D eigenvalue weighted by Gasteiger charge is -2.22. The van der Waals surface area contributed by atoms with Crippen molar-refractivity contribution in [3.05, 3.63) is 29.6 Å². The zero-order chi connectivity index (χ0) is 12.5. The second kappa shape index (κ2) is 4.47. The van der Waals surface area contributed by atoms with Gasteiger partial charge in [0.25, 0.3) is 0 Å². The van der Waals surface area contributed by atoms with Crippen LogP contribution < -0.4 is 5.32 Å². The van der Waals surface area contributed by atoms with E-state index < -0.39 is 0 Å². The summed E-state index contributed by atoms with van der Waals surface area (Å²) in [4.78, 5) is 12.1. The molecule has 1 aliphatic carbocycles. The third kappa shape index (κ3) is 2.48.